The molecule has 3 rings (SSSR count). The Morgan fingerprint density at radius 3 is 3.00 bits per heavy atom. The van der Waals surface area contributed by atoms with Gasteiger partial charge in [-0.25, -0.2) is 19.7 Å². The van der Waals surface area contributed by atoms with Crippen LogP contribution < -0.4 is 4.74 Å². The van der Waals surface area contributed by atoms with Crippen LogP contribution in [0.4, 0.5) is 0 Å². The van der Waals surface area contributed by atoms with Gasteiger partial charge in [0.1, 0.15) is 11.2 Å². The highest BCUT2D eigenvalue weighted by atomic mass is 32.1. The number of fused-ring (bicyclic) bond motifs is 1. The minimum atomic E-state index is -1.15. The summed E-state index contributed by atoms with van der Waals surface area (Å²) in [7, 11) is 0. The van der Waals surface area contributed by atoms with E-state index in [2.05, 4.69) is 15.0 Å². The van der Waals surface area contributed by atoms with Crippen LogP contribution in [-0.2, 0) is 0 Å². The van der Waals surface area contributed by atoms with Gasteiger partial charge in [0.15, 0.2) is 11.4 Å². The van der Waals surface area contributed by atoms with Crippen molar-refractivity contribution in [3.8, 4) is 11.6 Å². The minimum absolute atomic E-state index is 0.149. The van der Waals surface area contributed by atoms with Gasteiger partial charge in [-0.1, -0.05) is 0 Å². The lowest BCUT2D eigenvalue weighted by Gasteiger charge is -2.07. The third-order valence-corrected chi connectivity index (χ3v) is 3.23. The second-order valence-electron chi connectivity index (χ2n) is 3.58. The Kier molecular flexibility index (Phi) is 2.81. The molecule has 94 valence electrons. The zero-order valence-electron chi connectivity index (χ0n) is 9.48. The molecule has 0 saturated carbocycles. The highest BCUT2D eigenvalue weighted by Crippen LogP contribution is 2.30. The molecule has 0 bridgehead atoms. The number of pyridine rings is 1. The Morgan fingerprint density at radius 1 is 1.26 bits per heavy atom. The SMILES string of the molecule is O=C(O)c1ncccc1Oc1ncnc2sccc12. The van der Waals surface area contributed by atoms with Gasteiger partial charge in [0, 0.05) is 6.20 Å². The van der Waals surface area contributed by atoms with Gasteiger partial charge in [0.05, 0.1) is 5.39 Å². The Hall–Kier alpha value is -2.54. The normalized spacial score (nSPS) is 10.5. The Balaban J connectivity index is 2.06. The van der Waals surface area contributed by atoms with E-state index in [1.807, 2.05) is 11.4 Å². The number of carboxylic acids is 1. The average Bonchev–Trinajstić information content (AvgIpc) is 2.88. The molecule has 0 unspecified atom stereocenters. The average molecular weight is 273 g/mol. The Labute approximate surface area is 111 Å². The zero-order chi connectivity index (χ0) is 13.2. The second kappa shape index (κ2) is 4.62. The molecule has 0 aliphatic carbocycles. The van der Waals surface area contributed by atoms with E-state index < -0.39 is 5.97 Å². The van der Waals surface area contributed by atoms with Gasteiger partial charge in [-0.2, -0.15) is 0 Å². The lowest BCUT2D eigenvalue weighted by Crippen LogP contribution is -2.03. The number of aromatic carboxylic acids is 1. The summed E-state index contributed by atoms with van der Waals surface area (Å²) in [5.74, 6) is -0.672. The molecule has 0 aliphatic heterocycles. The second-order valence-corrected chi connectivity index (χ2v) is 4.47. The number of carbonyl (C=O) groups is 1. The first-order valence-corrected chi connectivity index (χ1v) is 6.18. The van der Waals surface area contributed by atoms with Crippen molar-refractivity contribution >= 4 is 27.5 Å². The van der Waals surface area contributed by atoms with Gasteiger partial charge in [-0.15, -0.1) is 11.3 Å². The van der Waals surface area contributed by atoms with Gasteiger partial charge in [0.2, 0.25) is 5.88 Å². The first-order chi connectivity index (χ1) is 9.25. The maximum atomic E-state index is 11.1. The van der Waals surface area contributed by atoms with E-state index in [1.165, 1.54) is 29.9 Å². The summed E-state index contributed by atoms with van der Waals surface area (Å²) in [5, 5.41) is 11.7. The maximum Gasteiger partial charge on any atom is 0.358 e. The van der Waals surface area contributed by atoms with Gasteiger partial charge >= 0.3 is 5.97 Å². The molecule has 0 atom stereocenters. The molecule has 0 fully saturated rings. The number of hydrogen-bond acceptors (Lipinski definition) is 6. The molecule has 0 spiro atoms. The fourth-order valence-corrected chi connectivity index (χ4v) is 2.31. The fraction of sp³-hybridized carbons (Fsp3) is 0. The molecule has 3 aromatic heterocycles. The third kappa shape index (κ3) is 2.11. The van der Waals surface area contributed by atoms with E-state index in [4.69, 9.17) is 9.84 Å². The smallest absolute Gasteiger partial charge is 0.358 e. The molecule has 0 saturated heterocycles. The topological polar surface area (TPSA) is 85.2 Å². The first-order valence-electron chi connectivity index (χ1n) is 5.30. The lowest BCUT2D eigenvalue weighted by molar-refractivity contribution is 0.0687. The van der Waals surface area contributed by atoms with Crippen molar-refractivity contribution in [2.45, 2.75) is 0 Å². The minimum Gasteiger partial charge on any atom is -0.476 e. The van der Waals surface area contributed by atoms with Gasteiger partial charge in [-0.3, -0.25) is 0 Å². The zero-order valence-corrected chi connectivity index (χ0v) is 10.3. The van der Waals surface area contributed by atoms with Crippen molar-refractivity contribution in [3.05, 3.63) is 41.8 Å². The van der Waals surface area contributed by atoms with Crippen molar-refractivity contribution in [2.24, 2.45) is 0 Å². The molecule has 0 aliphatic rings. The highest BCUT2D eigenvalue weighted by molar-refractivity contribution is 7.16. The van der Waals surface area contributed by atoms with Crippen LogP contribution in [0.3, 0.4) is 0 Å². The summed E-state index contributed by atoms with van der Waals surface area (Å²) < 4.78 is 5.55. The van der Waals surface area contributed by atoms with E-state index in [0.29, 0.717) is 5.88 Å². The fourth-order valence-electron chi connectivity index (χ4n) is 1.59. The molecule has 19 heavy (non-hydrogen) atoms. The first kappa shape index (κ1) is 11.5. The van der Waals surface area contributed by atoms with Crippen LogP contribution in [-0.4, -0.2) is 26.0 Å². The van der Waals surface area contributed by atoms with Crippen LogP contribution in [0.15, 0.2) is 36.1 Å². The number of nitrogens with zero attached hydrogens (tertiary/aromatic N) is 3. The van der Waals surface area contributed by atoms with Crippen LogP contribution in [0, 0.1) is 0 Å². The molecule has 0 amide bonds. The molecular weight excluding hydrogens is 266 g/mol. The summed E-state index contributed by atoms with van der Waals surface area (Å²) in [6.45, 7) is 0. The molecule has 0 aromatic carbocycles. The van der Waals surface area contributed by atoms with Gasteiger partial charge < -0.3 is 9.84 Å². The Morgan fingerprint density at radius 2 is 2.16 bits per heavy atom. The van der Waals surface area contributed by atoms with Crippen molar-refractivity contribution in [1.29, 1.82) is 0 Å². The van der Waals surface area contributed by atoms with E-state index in [9.17, 15) is 4.79 Å². The van der Waals surface area contributed by atoms with E-state index in [-0.39, 0.29) is 11.4 Å². The van der Waals surface area contributed by atoms with Gasteiger partial charge in [0.25, 0.3) is 0 Å². The highest BCUT2D eigenvalue weighted by Gasteiger charge is 2.15. The molecule has 3 heterocycles. The van der Waals surface area contributed by atoms with E-state index >= 15 is 0 Å². The predicted octanol–water partition coefficient (Wildman–Crippen LogP) is 2.58. The van der Waals surface area contributed by atoms with Crippen molar-refractivity contribution in [3.63, 3.8) is 0 Å². The van der Waals surface area contributed by atoms with Crippen LogP contribution in [0.1, 0.15) is 10.5 Å². The number of ether oxygens (including phenoxy) is 1. The molecule has 1 N–H and O–H groups in total. The standard InChI is InChI=1S/C12H7N3O3S/c16-12(17)9-8(2-1-4-13-9)18-10-7-3-5-19-11(7)15-6-14-10/h1-6H,(H,16,17). The number of aromatic nitrogens is 3. The summed E-state index contributed by atoms with van der Waals surface area (Å²) in [6, 6.07) is 4.97. The summed E-state index contributed by atoms with van der Waals surface area (Å²) in [4.78, 5) is 23.7. The molecule has 0 radical (unpaired) electrons. The third-order valence-electron chi connectivity index (χ3n) is 2.41. The number of rotatable bonds is 3. The lowest BCUT2D eigenvalue weighted by atomic mass is 10.3. The largest absolute Gasteiger partial charge is 0.476 e. The van der Waals surface area contributed by atoms with Crippen LogP contribution in [0.5, 0.6) is 11.6 Å². The summed E-state index contributed by atoms with van der Waals surface area (Å²) in [6.07, 6.45) is 2.78. The molecule has 3 aromatic rings. The maximum absolute atomic E-state index is 11.1. The van der Waals surface area contributed by atoms with Gasteiger partial charge in [-0.05, 0) is 23.6 Å². The monoisotopic (exact) mass is 273 g/mol. The predicted molar refractivity (Wildman–Crippen MR) is 68.7 cm³/mol. The van der Waals surface area contributed by atoms with E-state index in [0.717, 1.165) is 10.2 Å². The summed E-state index contributed by atoms with van der Waals surface area (Å²) in [5.41, 5.74) is -0.149. The Bertz CT molecular complexity index is 757. The van der Waals surface area contributed by atoms with Crippen molar-refractivity contribution in [1.82, 2.24) is 15.0 Å². The van der Waals surface area contributed by atoms with E-state index in [1.54, 1.807) is 6.07 Å². The quantitative estimate of drug-likeness (QED) is 0.789. The van der Waals surface area contributed by atoms with Crippen LogP contribution >= 0.6 is 11.3 Å². The molecule has 7 heteroatoms. The summed E-state index contributed by atoms with van der Waals surface area (Å²) >= 11 is 1.46. The van der Waals surface area contributed by atoms with Crippen molar-refractivity contribution in [2.75, 3.05) is 0 Å². The molecule has 6 nitrogen and oxygen atoms in total. The van der Waals surface area contributed by atoms with Crippen molar-refractivity contribution < 1.29 is 14.6 Å². The van der Waals surface area contributed by atoms with Crippen LogP contribution in [0.25, 0.3) is 10.2 Å². The molecular formula is C12H7N3O3S. The van der Waals surface area contributed by atoms with Crippen LogP contribution in [0.2, 0.25) is 0 Å². The number of hydrogen-bond donors (Lipinski definition) is 1. The number of thiophene rings is 1. The number of carboxylic acid groups (broad SMARTS) is 1.